The quantitative estimate of drug-likeness (QED) is 0.826. The summed E-state index contributed by atoms with van der Waals surface area (Å²) in [5.74, 6) is -0.561. The molecule has 9 heteroatoms. The van der Waals surface area contributed by atoms with Crippen molar-refractivity contribution in [3.63, 3.8) is 0 Å². The standard InChI is InChI=1S/C15H15FN4O4/c16-11-3-7(20-6-12(14(17)21)24-15(20)22)1-2-8(11)13-9-4-19(18-23)5-10(9)13/h1-3,9-10,12-13H,4-6H2,(H2,17,21)/t9-,10+,12-,13?/m1/s1. The van der Waals surface area contributed by atoms with Gasteiger partial charge in [0.15, 0.2) is 6.10 Å². The number of nitroso groups, excluding NO2 is 1. The van der Waals surface area contributed by atoms with Gasteiger partial charge in [-0.05, 0) is 35.4 Å². The second-order valence-electron chi connectivity index (χ2n) is 6.40. The van der Waals surface area contributed by atoms with Crippen LogP contribution in [-0.2, 0) is 9.53 Å². The number of carbonyl (C=O) groups is 2. The number of halogens is 1. The fourth-order valence-corrected chi connectivity index (χ4v) is 3.81. The molecule has 2 heterocycles. The first kappa shape index (κ1) is 14.9. The second kappa shape index (κ2) is 5.15. The largest absolute Gasteiger partial charge is 0.434 e. The van der Waals surface area contributed by atoms with Crippen molar-refractivity contribution < 1.29 is 18.7 Å². The summed E-state index contributed by atoms with van der Waals surface area (Å²) >= 11 is 0. The van der Waals surface area contributed by atoms with E-state index in [-0.39, 0.29) is 24.3 Å². The van der Waals surface area contributed by atoms with Crippen LogP contribution in [0.2, 0.25) is 0 Å². The number of primary amides is 1. The topological polar surface area (TPSA) is 105 Å². The summed E-state index contributed by atoms with van der Waals surface area (Å²) in [6.45, 7) is 1.08. The average Bonchev–Trinajstić information content (AvgIpc) is 2.90. The third kappa shape index (κ3) is 2.19. The summed E-state index contributed by atoms with van der Waals surface area (Å²) in [7, 11) is 0. The van der Waals surface area contributed by atoms with Crippen molar-refractivity contribution in [2.75, 3.05) is 24.5 Å². The van der Waals surface area contributed by atoms with Gasteiger partial charge in [-0.3, -0.25) is 14.7 Å². The molecule has 0 radical (unpaired) electrons. The molecule has 3 fully saturated rings. The van der Waals surface area contributed by atoms with Crippen LogP contribution >= 0.6 is 0 Å². The van der Waals surface area contributed by atoms with E-state index in [0.717, 1.165) is 0 Å². The zero-order valence-corrected chi connectivity index (χ0v) is 12.6. The molecule has 0 aromatic heterocycles. The van der Waals surface area contributed by atoms with Crippen molar-refractivity contribution >= 4 is 17.7 Å². The zero-order chi connectivity index (χ0) is 17.0. The normalized spacial score (nSPS) is 31.0. The molecule has 0 bridgehead atoms. The number of cyclic esters (lactones) is 1. The Kier molecular flexibility index (Phi) is 3.19. The summed E-state index contributed by atoms with van der Waals surface area (Å²) in [5.41, 5.74) is 6.03. The van der Waals surface area contributed by atoms with E-state index < -0.39 is 23.9 Å². The van der Waals surface area contributed by atoms with Gasteiger partial charge in [-0.25, -0.2) is 9.18 Å². The minimum absolute atomic E-state index is 0.0262. The highest BCUT2D eigenvalue weighted by atomic mass is 19.1. The molecular formula is C15H15FN4O4. The van der Waals surface area contributed by atoms with Gasteiger partial charge in [0.2, 0.25) is 0 Å². The Morgan fingerprint density at radius 2 is 2.00 bits per heavy atom. The Hall–Kier alpha value is -2.71. The molecule has 1 unspecified atom stereocenters. The smallest absolute Gasteiger partial charge is 0.415 e. The Bertz CT molecular complexity index is 730. The predicted octanol–water partition coefficient (Wildman–Crippen LogP) is 0.963. The Balaban J connectivity index is 1.51. The van der Waals surface area contributed by atoms with Crippen LogP contribution in [0, 0.1) is 22.6 Å². The highest BCUT2D eigenvalue weighted by Gasteiger charge is 2.57. The van der Waals surface area contributed by atoms with Gasteiger partial charge in [0.05, 0.1) is 17.5 Å². The molecule has 1 saturated carbocycles. The van der Waals surface area contributed by atoms with E-state index in [0.29, 0.717) is 24.3 Å². The predicted molar refractivity (Wildman–Crippen MR) is 80.3 cm³/mol. The van der Waals surface area contributed by atoms with Gasteiger partial charge in [-0.1, -0.05) is 6.07 Å². The molecule has 2 amide bonds. The Labute approximate surface area is 136 Å². The molecule has 3 aliphatic rings. The lowest BCUT2D eigenvalue weighted by Gasteiger charge is -2.16. The Morgan fingerprint density at radius 1 is 1.29 bits per heavy atom. The van der Waals surface area contributed by atoms with Crippen LogP contribution in [0.5, 0.6) is 0 Å². The van der Waals surface area contributed by atoms with Gasteiger partial charge in [0.25, 0.3) is 5.91 Å². The molecule has 0 spiro atoms. The van der Waals surface area contributed by atoms with Gasteiger partial charge >= 0.3 is 6.09 Å². The highest BCUT2D eigenvalue weighted by Crippen LogP contribution is 2.58. The fraction of sp³-hybridized carbons (Fsp3) is 0.467. The van der Waals surface area contributed by atoms with Crippen LogP contribution in [0.3, 0.4) is 0 Å². The van der Waals surface area contributed by atoms with Crippen molar-refractivity contribution in [3.05, 3.63) is 34.5 Å². The van der Waals surface area contributed by atoms with Crippen LogP contribution in [0.15, 0.2) is 23.5 Å². The number of carbonyl (C=O) groups excluding carboxylic acids is 2. The number of nitrogens with two attached hydrogens (primary N) is 1. The molecule has 4 atom stereocenters. The number of ether oxygens (including phenoxy) is 1. The van der Waals surface area contributed by atoms with Gasteiger partial charge in [0.1, 0.15) is 5.82 Å². The monoisotopic (exact) mass is 334 g/mol. The number of benzene rings is 1. The summed E-state index contributed by atoms with van der Waals surface area (Å²) in [6.07, 6.45) is -1.74. The minimum atomic E-state index is -1.02. The van der Waals surface area contributed by atoms with E-state index in [1.54, 1.807) is 12.1 Å². The zero-order valence-electron chi connectivity index (χ0n) is 12.6. The first-order chi connectivity index (χ1) is 11.5. The van der Waals surface area contributed by atoms with Gasteiger partial charge in [0, 0.05) is 13.1 Å². The fourth-order valence-electron chi connectivity index (χ4n) is 3.81. The second-order valence-corrected chi connectivity index (χ2v) is 6.40. The SMILES string of the molecule is NC(=O)[C@H]1CN(c2ccc(C3[C@H]4CN(N=O)C[C@@H]34)c(F)c2)C(=O)O1. The van der Waals surface area contributed by atoms with Crippen LogP contribution in [0.4, 0.5) is 14.9 Å². The maximum atomic E-state index is 14.5. The number of hydrogen-bond acceptors (Lipinski definition) is 5. The molecule has 126 valence electrons. The molecule has 2 aliphatic heterocycles. The number of nitrogens with zero attached hydrogens (tertiary/aromatic N) is 3. The minimum Gasteiger partial charge on any atom is -0.434 e. The van der Waals surface area contributed by atoms with Crippen LogP contribution in [0.25, 0.3) is 0 Å². The lowest BCUT2D eigenvalue weighted by molar-refractivity contribution is -0.124. The Morgan fingerprint density at radius 3 is 2.54 bits per heavy atom. The number of fused-ring (bicyclic) bond motifs is 1. The molecule has 2 saturated heterocycles. The summed E-state index contributed by atoms with van der Waals surface area (Å²) < 4.78 is 19.3. The van der Waals surface area contributed by atoms with Crippen molar-refractivity contribution in [2.45, 2.75) is 12.0 Å². The van der Waals surface area contributed by atoms with Crippen molar-refractivity contribution in [2.24, 2.45) is 22.9 Å². The van der Waals surface area contributed by atoms with Gasteiger partial charge in [-0.2, -0.15) is 0 Å². The van der Waals surface area contributed by atoms with E-state index >= 15 is 0 Å². The third-order valence-corrected chi connectivity index (χ3v) is 5.07. The van der Waals surface area contributed by atoms with Gasteiger partial charge < -0.3 is 10.5 Å². The average molecular weight is 334 g/mol. The molecule has 1 aromatic carbocycles. The number of amides is 2. The van der Waals surface area contributed by atoms with E-state index in [1.165, 1.54) is 16.0 Å². The third-order valence-electron chi connectivity index (χ3n) is 5.07. The molecule has 2 N–H and O–H groups in total. The number of rotatable bonds is 4. The molecular weight excluding hydrogens is 319 g/mol. The van der Waals surface area contributed by atoms with Crippen molar-refractivity contribution in [1.82, 2.24) is 5.01 Å². The maximum Gasteiger partial charge on any atom is 0.415 e. The van der Waals surface area contributed by atoms with Crippen molar-refractivity contribution in [3.8, 4) is 0 Å². The molecule has 24 heavy (non-hydrogen) atoms. The van der Waals surface area contributed by atoms with E-state index in [1.807, 2.05) is 0 Å². The molecule has 4 rings (SSSR count). The molecule has 1 aromatic rings. The molecule has 1 aliphatic carbocycles. The number of piperidine rings is 1. The summed E-state index contributed by atoms with van der Waals surface area (Å²) in [6, 6.07) is 4.55. The van der Waals surface area contributed by atoms with Crippen LogP contribution in [0.1, 0.15) is 11.5 Å². The lowest BCUT2D eigenvalue weighted by Crippen LogP contribution is -2.32. The number of hydrogen-bond donors (Lipinski definition) is 1. The van der Waals surface area contributed by atoms with Gasteiger partial charge in [-0.15, -0.1) is 4.91 Å². The van der Waals surface area contributed by atoms with E-state index in [9.17, 15) is 18.9 Å². The van der Waals surface area contributed by atoms with Crippen LogP contribution in [-0.4, -0.2) is 42.7 Å². The molecule has 8 nitrogen and oxygen atoms in total. The maximum absolute atomic E-state index is 14.5. The summed E-state index contributed by atoms with van der Waals surface area (Å²) in [4.78, 5) is 34.6. The first-order valence-electron chi connectivity index (χ1n) is 7.64. The van der Waals surface area contributed by atoms with Crippen LogP contribution < -0.4 is 10.6 Å². The number of anilines is 1. The summed E-state index contributed by atoms with van der Waals surface area (Å²) in [5, 5.41) is 4.37. The highest BCUT2D eigenvalue weighted by molar-refractivity contribution is 5.95. The van der Waals surface area contributed by atoms with E-state index in [4.69, 9.17) is 10.5 Å². The first-order valence-corrected chi connectivity index (χ1v) is 7.64. The lowest BCUT2D eigenvalue weighted by atomic mass is 10.1. The van der Waals surface area contributed by atoms with E-state index in [2.05, 4.69) is 5.29 Å². The van der Waals surface area contributed by atoms with Crippen molar-refractivity contribution in [1.29, 1.82) is 0 Å².